The molecule has 1 aliphatic heterocycles. The number of primary sulfonamides is 1. The molecule has 0 radical (unpaired) electrons. The SMILES string of the molecule is NS(=O)(=O)C1CC(=O)N(c2ccc(C(=O)O)c(C(=O)O)c2)C1. The quantitative estimate of drug-likeness (QED) is 0.671. The average molecular weight is 328 g/mol. The van der Waals surface area contributed by atoms with Crippen LogP contribution in [-0.4, -0.2) is 48.3 Å². The highest BCUT2D eigenvalue weighted by Crippen LogP contribution is 2.26. The number of carboxylic acids is 2. The summed E-state index contributed by atoms with van der Waals surface area (Å²) in [7, 11) is -3.90. The number of hydrogen-bond acceptors (Lipinski definition) is 5. The molecule has 10 heteroatoms. The summed E-state index contributed by atoms with van der Waals surface area (Å²) in [6.45, 7) is -0.205. The van der Waals surface area contributed by atoms with Crippen LogP contribution in [0, 0.1) is 0 Å². The molecule has 4 N–H and O–H groups in total. The number of nitrogens with zero attached hydrogens (tertiary/aromatic N) is 1. The van der Waals surface area contributed by atoms with E-state index in [1.807, 2.05) is 0 Å². The van der Waals surface area contributed by atoms with Gasteiger partial charge in [-0.1, -0.05) is 0 Å². The molecule has 0 bridgehead atoms. The second-order valence-electron chi connectivity index (χ2n) is 4.76. The molecular formula is C12H12N2O7S. The molecule has 0 aromatic heterocycles. The number of hydrogen-bond donors (Lipinski definition) is 3. The smallest absolute Gasteiger partial charge is 0.336 e. The number of carboxylic acid groups (broad SMARTS) is 2. The van der Waals surface area contributed by atoms with Gasteiger partial charge in [0.25, 0.3) is 0 Å². The third kappa shape index (κ3) is 2.92. The van der Waals surface area contributed by atoms with Crippen LogP contribution in [0.1, 0.15) is 27.1 Å². The Kier molecular flexibility index (Phi) is 3.90. The van der Waals surface area contributed by atoms with Gasteiger partial charge in [-0.2, -0.15) is 0 Å². The van der Waals surface area contributed by atoms with Crippen LogP contribution in [0.15, 0.2) is 18.2 Å². The highest BCUT2D eigenvalue weighted by Gasteiger charge is 2.37. The van der Waals surface area contributed by atoms with E-state index in [1.54, 1.807) is 0 Å². The molecule has 0 spiro atoms. The summed E-state index contributed by atoms with van der Waals surface area (Å²) in [4.78, 5) is 35.0. The summed E-state index contributed by atoms with van der Waals surface area (Å²) in [5.41, 5.74) is -0.804. The first-order valence-electron chi connectivity index (χ1n) is 6.04. The number of anilines is 1. The normalized spacial score (nSPS) is 18.5. The lowest BCUT2D eigenvalue weighted by molar-refractivity contribution is -0.117. The van der Waals surface area contributed by atoms with Gasteiger partial charge in [-0.25, -0.2) is 23.1 Å². The van der Waals surface area contributed by atoms with E-state index in [4.69, 9.17) is 15.4 Å². The zero-order chi connectivity index (χ0) is 16.7. The van der Waals surface area contributed by atoms with Crippen molar-refractivity contribution in [2.75, 3.05) is 11.4 Å². The topological polar surface area (TPSA) is 155 Å². The number of benzene rings is 1. The Labute approximate surface area is 125 Å². The number of rotatable bonds is 4. The Balaban J connectivity index is 2.42. The van der Waals surface area contributed by atoms with Gasteiger partial charge in [0.05, 0.1) is 11.1 Å². The second kappa shape index (κ2) is 5.39. The number of carbonyl (C=O) groups is 3. The van der Waals surface area contributed by atoms with Crippen molar-refractivity contribution in [1.82, 2.24) is 0 Å². The number of aromatic carboxylic acids is 2. The maximum Gasteiger partial charge on any atom is 0.336 e. The van der Waals surface area contributed by atoms with Gasteiger partial charge in [-0.15, -0.1) is 0 Å². The molecule has 1 unspecified atom stereocenters. The molecule has 1 amide bonds. The summed E-state index contributed by atoms with van der Waals surface area (Å²) < 4.78 is 22.6. The average Bonchev–Trinajstić information content (AvgIpc) is 2.80. The van der Waals surface area contributed by atoms with Gasteiger partial charge in [0.1, 0.15) is 5.25 Å². The lowest BCUT2D eigenvalue weighted by atomic mass is 10.1. The van der Waals surface area contributed by atoms with Crippen molar-refractivity contribution in [1.29, 1.82) is 0 Å². The van der Waals surface area contributed by atoms with Gasteiger partial charge < -0.3 is 15.1 Å². The third-order valence-electron chi connectivity index (χ3n) is 3.33. The number of carbonyl (C=O) groups excluding carboxylic acids is 1. The lowest BCUT2D eigenvalue weighted by Crippen LogP contribution is -2.32. The summed E-state index contributed by atoms with van der Waals surface area (Å²) in [5, 5.41) is 21.9. The third-order valence-corrected chi connectivity index (χ3v) is 4.57. The Hall–Kier alpha value is -2.46. The van der Waals surface area contributed by atoms with Crippen molar-refractivity contribution < 1.29 is 33.0 Å². The van der Waals surface area contributed by atoms with Crippen LogP contribution in [0.5, 0.6) is 0 Å². The van der Waals surface area contributed by atoms with Crippen LogP contribution >= 0.6 is 0 Å². The largest absolute Gasteiger partial charge is 0.478 e. The predicted molar refractivity (Wildman–Crippen MR) is 74.2 cm³/mol. The predicted octanol–water partition coefficient (Wildman–Crippen LogP) is -0.523. The van der Waals surface area contributed by atoms with Crippen molar-refractivity contribution in [3.8, 4) is 0 Å². The fourth-order valence-electron chi connectivity index (χ4n) is 2.21. The van der Waals surface area contributed by atoms with Crippen LogP contribution in [0.25, 0.3) is 0 Å². The molecule has 118 valence electrons. The van der Waals surface area contributed by atoms with Gasteiger partial charge in [0, 0.05) is 18.7 Å². The van der Waals surface area contributed by atoms with Crippen LogP contribution < -0.4 is 10.0 Å². The van der Waals surface area contributed by atoms with Crippen molar-refractivity contribution in [2.24, 2.45) is 5.14 Å². The molecule has 1 heterocycles. The van der Waals surface area contributed by atoms with E-state index in [0.29, 0.717) is 0 Å². The van der Waals surface area contributed by atoms with E-state index in [1.165, 1.54) is 6.07 Å². The van der Waals surface area contributed by atoms with Crippen molar-refractivity contribution in [3.05, 3.63) is 29.3 Å². The Morgan fingerprint density at radius 2 is 1.77 bits per heavy atom. The zero-order valence-corrected chi connectivity index (χ0v) is 11.9. The van der Waals surface area contributed by atoms with Gasteiger partial charge in [0.15, 0.2) is 0 Å². The molecule has 2 rings (SSSR count). The van der Waals surface area contributed by atoms with Crippen LogP contribution in [0.3, 0.4) is 0 Å². The summed E-state index contributed by atoms with van der Waals surface area (Å²) in [6, 6.07) is 3.33. The van der Waals surface area contributed by atoms with Crippen molar-refractivity contribution in [2.45, 2.75) is 11.7 Å². The summed E-state index contributed by atoms with van der Waals surface area (Å²) in [5.74, 6) is -3.41. The van der Waals surface area contributed by atoms with E-state index in [0.717, 1.165) is 17.0 Å². The fourth-order valence-corrected chi connectivity index (χ4v) is 2.94. The second-order valence-corrected chi connectivity index (χ2v) is 6.60. The zero-order valence-electron chi connectivity index (χ0n) is 11.1. The van der Waals surface area contributed by atoms with Crippen LogP contribution in [0.2, 0.25) is 0 Å². The molecule has 1 atom stereocenters. The highest BCUT2D eigenvalue weighted by molar-refractivity contribution is 7.89. The highest BCUT2D eigenvalue weighted by atomic mass is 32.2. The van der Waals surface area contributed by atoms with Gasteiger partial charge in [-0.05, 0) is 18.2 Å². The van der Waals surface area contributed by atoms with E-state index < -0.39 is 44.2 Å². The molecule has 9 nitrogen and oxygen atoms in total. The Bertz CT molecular complexity index is 772. The van der Waals surface area contributed by atoms with Gasteiger partial charge in [-0.3, -0.25) is 4.79 Å². The maximum absolute atomic E-state index is 11.9. The molecule has 1 fully saturated rings. The molecule has 0 aliphatic carbocycles. The van der Waals surface area contributed by atoms with Crippen LogP contribution in [0.4, 0.5) is 5.69 Å². The molecular weight excluding hydrogens is 316 g/mol. The Morgan fingerprint density at radius 1 is 1.18 bits per heavy atom. The molecule has 1 aliphatic rings. The van der Waals surface area contributed by atoms with Crippen molar-refractivity contribution in [3.63, 3.8) is 0 Å². The number of sulfonamides is 1. The summed E-state index contributed by atoms with van der Waals surface area (Å²) >= 11 is 0. The molecule has 1 aromatic rings. The minimum Gasteiger partial charge on any atom is -0.478 e. The number of amides is 1. The first-order chi connectivity index (χ1) is 10.1. The monoisotopic (exact) mass is 328 g/mol. The Morgan fingerprint density at radius 3 is 2.23 bits per heavy atom. The van der Waals surface area contributed by atoms with Crippen LogP contribution in [-0.2, 0) is 14.8 Å². The molecule has 0 saturated carbocycles. The maximum atomic E-state index is 11.9. The van der Waals surface area contributed by atoms with E-state index in [9.17, 15) is 22.8 Å². The minimum absolute atomic E-state index is 0.110. The fraction of sp³-hybridized carbons (Fsp3) is 0.250. The molecule has 22 heavy (non-hydrogen) atoms. The van der Waals surface area contributed by atoms with Gasteiger partial charge in [0.2, 0.25) is 15.9 Å². The van der Waals surface area contributed by atoms with E-state index >= 15 is 0 Å². The number of nitrogens with two attached hydrogens (primary N) is 1. The minimum atomic E-state index is -3.90. The molecule has 1 saturated heterocycles. The molecule has 1 aromatic carbocycles. The van der Waals surface area contributed by atoms with Crippen molar-refractivity contribution >= 4 is 33.6 Å². The van der Waals surface area contributed by atoms with E-state index in [-0.39, 0.29) is 18.7 Å². The summed E-state index contributed by atoms with van der Waals surface area (Å²) in [6.07, 6.45) is -0.304. The van der Waals surface area contributed by atoms with E-state index in [2.05, 4.69) is 0 Å². The standard InChI is InChI=1S/C12H12N2O7S/c13-22(20,21)7-4-10(15)14(5-7)6-1-2-8(11(16)17)9(3-6)12(18)19/h1-3,7H,4-5H2,(H,16,17)(H,18,19)(H2,13,20,21). The first-order valence-corrected chi connectivity index (χ1v) is 7.65. The first kappa shape index (κ1) is 15.9. The lowest BCUT2D eigenvalue weighted by Gasteiger charge is -2.17. The van der Waals surface area contributed by atoms with Gasteiger partial charge >= 0.3 is 11.9 Å².